The molecule has 80 valence electrons. The molecule has 0 aliphatic carbocycles. The van der Waals surface area contributed by atoms with Crippen molar-refractivity contribution in [2.75, 3.05) is 47.4 Å². The molecular formula is C10H24N2O. The van der Waals surface area contributed by atoms with Gasteiger partial charge in [-0.15, -0.1) is 0 Å². The summed E-state index contributed by atoms with van der Waals surface area (Å²) in [6.07, 6.45) is 3.52. The highest BCUT2D eigenvalue weighted by Gasteiger charge is 1.91. The van der Waals surface area contributed by atoms with Gasteiger partial charge in [0.2, 0.25) is 0 Å². The Bertz CT molecular complexity index is 96.9. The Kier molecular flexibility index (Phi) is 9.87. The Morgan fingerprint density at radius 2 is 1.77 bits per heavy atom. The summed E-state index contributed by atoms with van der Waals surface area (Å²) in [4.78, 5) is 2.18. The van der Waals surface area contributed by atoms with E-state index < -0.39 is 0 Å². The fourth-order valence-corrected chi connectivity index (χ4v) is 1.09. The zero-order valence-corrected chi connectivity index (χ0v) is 9.31. The lowest BCUT2D eigenvalue weighted by Crippen LogP contribution is -2.15. The van der Waals surface area contributed by atoms with Gasteiger partial charge in [-0.2, -0.15) is 0 Å². The van der Waals surface area contributed by atoms with Crippen LogP contribution in [0.5, 0.6) is 0 Å². The minimum Gasteiger partial charge on any atom is -0.381 e. The molecule has 0 aliphatic rings. The van der Waals surface area contributed by atoms with Gasteiger partial charge in [0.05, 0.1) is 0 Å². The second-order valence-corrected chi connectivity index (χ2v) is 3.58. The number of rotatable bonds is 9. The molecule has 0 bridgehead atoms. The third-order valence-electron chi connectivity index (χ3n) is 1.86. The summed E-state index contributed by atoms with van der Waals surface area (Å²) in [6.45, 7) is 4.03. The molecule has 3 nitrogen and oxygen atoms in total. The molecule has 0 radical (unpaired) electrons. The quantitative estimate of drug-likeness (QED) is 0.545. The van der Waals surface area contributed by atoms with Crippen LogP contribution < -0.4 is 5.32 Å². The van der Waals surface area contributed by atoms with Gasteiger partial charge in [0, 0.05) is 13.2 Å². The van der Waals surface area contributed by atoms with E-state index in [0.29, 0.717) is 0 Å². The Morgan fingerprint density at radius 1 is 1.08 bits per heavy atom. The zero-order chi connectivity index (χ0) is 9.94. The molecule has 0 fully saturated rings. The van der Waals surface area contributed by atoms with Crippen LogP contribution in [-0.4, -0.2) is 52.3 Å². The predicted octanol–water partition coefficient (Wildman–Crippen LogP) is 0.954. The lowest BCUT2D eigenvalue weighted by atomic mass is 10.3. The molecule has 3 heteroatoms. The average molecular weight is 188 g/mol. The molecule has 0 amide bonds. The number of nitrogens with one attached hydrogen (secondary N) is 1. The molecule has 0 aromatic heterocycles. The van der Waals surface area contributed by atoms with Crippen molar-refractivity contribution in [3.05, 3.63) is 0 Å². The van der Waals surface area contributed by atoms with Gasteiger partial charge in [-0.1, -0.05) is 0 Å². The molecule has 0 aromatic carbocycles. The van der Waals surface area contributed by atoms with Crippen molar-refractivity contribution >= 4 is 0 Å². The maximum absolute atomic E-state index is 5.48. The summed E-state index contributed by atoms with van der Waals surface area (Å²) >= 11 is 0. The summed E-state index contributed by atoms with van der Waals surface area (Å²) in [7, 11) is 6.16. The highest BCUT2D eigenvalue weighted by atomic mass is 16.5. The summed E-state index contributed by atoms with van der Waals surface area (Å²) < 4.78 is 5.48. The zero-order valence-electron chi connectivity index (χ0n) is 9.31. The molecule has 0 aliphatic heterocycles. The summed E-state index contributed by atoms with van der Waals surface area (Å²) in [5, 5.41) is 3.12. The van der Waals surface area contributed by atoms with Gasteiger partial charge in [-0.3, -0.25) is 0 Å². The molecule has 0 unspecified atom stereocenters. The van der Waals surface area contributed by atoms with E-state index in [9.17, 15) is 0 Å². The van der Waals surface area contributed by atoms with E-state index in [1.165, 1.54) is 12.8 Å². The van der Waals surface area contributed by atoms with Gasteiger partial charge in [-0.05, 0) is 53.5 Å². The molecule has 13 heavy (non-hydrogen) atoms. The first-order valence-electron chi connectivity index (χ1n) is 5.14. The lowest BCUT2D eigenvalue weighted by molar-refractivity contribution is 0.122. The molecule has 0 spiro atoms. The maximum Gasteiger partial charge on any atom is 0.0478 e. The van der Waals surface area contributed by atoms with Crippen molar-refractivity contribution in [3.8, 4) is 0 Å². The second kappa shape index (κ2) is 9.96. The first kappa shape index (κ1) is 12.9. The van der Waals surface area contributed by atoms with E-state index in [4.69, 9.17) is 4.74 Å². The van der Waals surface area contributed by atoms with Crippen LogP contribution in [0.25, 0.3) is 0 Å². The maximum atomic E-state index is 5.48. The molecular weight excluding hydrogens is 164 g/mol. The fraction of sp³-hybridized carbons (Fsp3) is 1.00. The van der Waals surface area contributed by atoms with Gasteiger partial charge in [0.15, 0.2) is 0 Å². The Hall–Kier alpha value is -0.120. The van der Waals surface area contributed by atoms with Gasteiger partial charge in [-0.25, -0.2) is 0 Å². The van der Waals surface area contributed by atoms with Crippen molar-refractivity contribution in [2.45, 2.75) is 19.3 Å². The topological polar surface area (TPSA) is 24.5 Å². The van der Waals surface area contributed by atoms with E-state index in [2.05, 4.69) is 24.3 Å². The van der Waals surface area contributed by atoms with Crippen molar-refractivity contribution in [2.24, 2.45) is 0 Å². The van der Waals surface area contributed by atoms with Gasteiger partial charge in [0.1, 0.15) is 0 Å². The normalized spacial score (nSPS) is 11.1. The van der Waals surface area contributed by atoms with E-state index in [-0.39, 0.29) is 0 Å². The molecule has 0 saturated heterocycles. The number of nitrogens with zero attached hydrogens (tertiary/aromatic N) is 1. The van der Waals surface area contributed by atoms with E-state index in [1.54, 1.807) is 0 Å². The molecule has 0 atom stereocenters. The van der Waals surface area contributed by atoms with Gasteiger partial charge < -0.3 is 15.0 Å². The highest BCUT2D eigenvalue weighted by Crippen LogP contribution is 1.90. The molecule has 0 saturated carbocycles. The monoisotopic (exact) mass is 188 g/mol. The second-order valence-electron chi connectivity index (χ2n) is 3.58. The van der Waals surface area contributed by atoms with Crippen molar-refractivity contribution in [1.82, 2.24) is 10.2 Å². The third-order valence-corrected chi connectivity index (χ3v) is 1.86. The lowest BCUT2D eigenvalue weighted by Gasteiger charge is -2.09. The van der Waals surface area contributed by atoms with Crippen LogP contribution in [0.3, 0.4) is 0 Å². The largest absolute Gasteiger partial charge is 0.381 e. The molecule has 1 N–H and O–H groups in total. The van der Waals surface area contributed by atoms with Crippen molar-refractivity contribution < 1.29 is 4.74 Å². The average Bonchev–Trinajstić information content (AvgIpc) is 2.09. The van der Waals surface area contributed by atoms with Crippen LogP contribution in [0.4, 0.5) is 0 Å². The SMILES string of the molecule is CNCCCCOCCCN(C)C. The van der Waals surface area contributed by atoms with Crippen LogP contribution in [0, 0.1) is 0 Å². The number of unbranched alkanes of at least 4 members (excludes halogenated alkanes) is 1. The Labute approximate surface area is 82.4 Å². The van der Waals surface area contributed by atoms with E-state index >= 15 is 0 Å². The minimum absolute atomic E-state index is 0.901. The van der Waals surface area contributed by atoms with E-state index in [0.717, 1.165) is 32.7 Å². The first-order chi connectivity index (χ1) is 6.27. The van der Waals surface area contributed by atoms with Crippen molar-refractivity contribution in [1.29, 1.82) is 0 Å². The van der Waals surface area contributed by atoms with Gasteiger partial charge in [0.25, 0.3) is 0 Å². The fourth-order valence-electron chi connectivity index (χ4n) is 1.09. The van der Waals surface area contributed by atoms with Gasteiger partial charge >= 0.3 is 0 Å². The van der Waals surface area contributed by atoms with Crippen LogP contribution in [-0.2, 0) is 4.74 Å². The van der Waals surface area contributed by atoms with Crippen LogP contribution in [0.1, 0.15) is 19.3 Å². The predicted molar refractivity (Wildman–Crippen MR) is 57.2 cm³/mol. The number of hydrogen-bond acceptors (Lipinski definition) is 3. The Morgan fingerprint density at radius 3 is 2.38 bits per heavy atom. The van der Waals surface area contributed by atoms with Crippen molar-refractivity contribution in [3.63, 3.8) is 0 Å². The third kappa shape index (κ3) is 11.9. The highest BCUT2D eigenvalue weighted by molar-refractivity contribution is 4.44. The molecule has 0 aromatic rings. The standard InChI is InChI=1S/C10H24N2O/c1-11-7-4-5-9-13-10-6-8-12(2)3/h11H,4-10H2,1-3H3. The summed E-state index contributed by atoms with van der Waals surface area (Å²) in [6, 6.07) is 0. The van der Waals surface area contributed by atoms with Crippen LogP contribution in [0.15, 0.2) is 0 Å². The summed E-state index contributed by atoms with van der Waals surface area (Å²) in [5.74, 6) is 0. The summed E-state index contributed by atoms with van der Waals surface area (Å²) in [5.41, 5.74) is 0. The number of hydrogen-bond donors (Lipinski definition) is 1. The van der Waals surface area contributed by atoms with Crippen LogP contribution >= 0.6 is 0 Å². The molecule has 0 rings (SSSR count). The Balaban J connectivity index is 2.84. The first-order valence-corrected chi connectivity index (χ1v) is 5.14. The smallest absolute Gasteiger partial charge is 0.0478 e. The number of ether oxygens (including phenoxy) is 1. The molecule has 0 heterocycles. The van der Waals surface area contributed by atoms with Crippen LogP contribution in [0.2, 0.25) is 0 Å². The van der Waals surface area contributed by atoms with E-state index in [1.807, 2.05) is 7.05 Å². The minimum atomic E-state index is 0.901.